The van der Waals surface area contributed by atoms with Crippen LogP contribution >= 0.6 is 11.8 Å². The molecule has 0 radical (unpaired) electrons. The molecule has 1 fully saturated rings. The molecular formula is C12H26N2O2S2. The van der Waals surface area contributed by atoms with Crippen LogP contribution in [-0.4, -0.2) is 56.2 Å². The minimum Gasteiger partial charge on any atom is -0.315 e. The van der Waals surface area contributed by atoms with Crippen molar-refractivity contribution in [3.63, 3.8) is 0 Å². The Morgan fingerprint density at radius 2 is 2.11 bits per heavy atom. The molecule has 0 aromatic heterocycles. The molecule has 6 heteroatoms. The average molecular weight is 294 g/mol. The first kappa shape index (κ1) is 16.3. The number of thioether (sulfide) groups is 1. The van der Waals surface area contributed by atoms with E-state index in [9.17, 15) is 8.42 Å². The number of nitrogens with zero attached hydrogens (tertiary/aromatic N) is 1. The highest BCUT2D eigenvalue weighted by atomic mass is 32.2. The van der Waals surface area contributed by atoms with Crippen molar-refractivity contribution in [2.24, 2.45) is 5.92 Å². The third-order valence-electron chi connectivity index (χ3n) is 3.49. The van der Waals surface area contributed by atoms with Gasteiger partial charge in [0.25, 0.3) is 0 Å². The van der Waals surface area contributed by atoms with Gasteiger partial charge in [0.2, 0.25) is 10.0 Å². The zero-order valence-corrected chi connectivity index (χ0v) is 13.5. The molecule has 0 bridgehead atoms. The Bertz CT molecular complexity index is 355. The summed E-state index contributed by atoms with van der Waals surface area (Å²) >= 11 is 1.85. The third kappa shape index (κ3) is 5.47. The first-order chi connectivity index (χ1) is 8.24. The van der Waals surface area contributed by atoms with Gasteiger partial charge < -0.3 is 5.32 Å². The quantitative estimate of drug-likeness (QED) is 0.804. The second-order valence-electron chi connectivity index (χ2n) is 5.72. The van der Waals surface area contributed by atoms with E-state index in [4.69, 9.17) is 0 Å². The Hall–Kier alpha value is 0.220. The SMILES string of the molecule is CSC(C)(C)CNCC1CCCN(S(C)(=O)=O)C1. The Labute approximate surface area is 116 Å². The highest BCUT2D eigenvalue weighted by Gasteiger charge is 2.26. The summed E-state index contributed by atoms with van der Waals surface area (Å²) in [6.07, 6.45) is 5.53. The van der Waals surface area contributed by atoms with Crippen molar-refractivity contribution < 1.29 is 8.42 Å². The lowest BCUT2D eigenvalue weighted by atomic mass is 9.99. The molecule has 0 aliphatic carbocycles. The van der Waals surface area contributed by atoms with Crippen LogP contribution in [0.2, 0.25) is 0 Å². The molecule has 18 heavy (non-hydrogen) atoms. The number of hydrogen-bond donors (Lipinski definition) is 1. The van der Waals surface area contributed by atoms with Crippen LogP contribution < -0.4 is 5.32 Å². The average Bonchev–Trinajstić information content (AvgIpc) is 2.28. The van der Waals surface area contributed by atoms with Crippen LogP contribution in [0.25, 0.3) is 0 Å². The van der Waals surface area contributed by atoms with Crippen molar-refractivity contribution in [1.29, 1.82) is 0 Å². The minimum absolute atomic E-state index is 0.241. The summed E-state index contributed by atoms with van der Waals surface area (Å²) in [4.78, 5) is 0. The van der Waals surface area contributed by atoms with E-state index in [1.165, 1.54) is 6.26 Å². The predicted octanol–water partition coefficient (Wildman–Crippen LogP) is 1.39. The highest BCUT2D eigenvalue weighted by molar-refractivity contribution is 7.99. The van der Waals surface area contributed by atoms with Crippen molar-refractivity contribution in [2.45, 2.75) is 31.4 Å². The summed E-state index contributed by atoms with van der Waals surface area (Å²) in [6, 6.07) is 0. The van der Waals surface area contributed by atoms with Crippen molar-refractivity contribution in [2.75, 3.05) is 38.7 Å². The largest absolute Gasteiger partial charge is 0.315 e. The zero-order valence-electron chi connectivity index (χ0n) is 11.9. The molecule has 1 rings (SSSR count). The second kappa shape index (κ2) is 6.59. The molecule has 1 saturated heterocycles. The minimum atomic E-state index is -3.02. The van der Waals surface area contributed by atoms with Crippen molar-refractivity contribution in [1.82, 2.24) is 9.62 Å². The predicted molar refractivity (Wildman–Crippen MR) is 79.6 cm³/mol. The van der Waals surface area contributed by atoms with Crippen molar-refractivity contribution in [3.05, 3.63) is 0 Å². The molecule has 1 heterocycles. The summed E-state index contributed by atoms with van der Waals surface area (Å²) in [6.45, 7) is 7.67. The first-order valence-corrected chi connectivity index (χ1v) is 9.53. The number of rotatable bonds is 6. The van der Waals surface area contributed by atoms with Gasteiger partial charge >= 0.3 is 0 Å². The zero-order chi connectivity index (χ0) is 13.8. The molecular weight excluding hydrogens is 268 g/mol. The molecule has 0 amide bonds. The first-order valence-electron chi connectivity index (χ1n) is 6.45. The maximum absolute atomic E-state index is 11.5. The second-order valence-corrected chi connectivity index (χ2v) is 9.22. The molecule has 1 aliphatic rings. The summed E-state index contributed by atoms with van der Waals surface area (Å²) in [5.41, 5.74) is 0. The van der Waals surface area contributed by atoms with E-state index in [1.54, 1.807) is 4.31 Å². The van der Waals surface area contributed by atoms with Crippen LogP contribution in [0.4, 0.5) is 0 Å². The van der Waals surface area contributed by atoms with E-state index in [-0.39, 0.29) is 4.75 Å². The van der Waals surface area contributed by atoms with Crippen LogP contribution in [0.1, 0.15) is 26.7 Å². The maximum atomic E-state index is 11.5. The van der Waals surface area contributed by atoms with Gasteiger partial charge in [0.05, 0.1) is 6.26 Å². The standard InChI is InChI=1S/C12H26N2O2S2/c1-12(2,17-3)10-13-8-11-6-5-7-14(9-11)18(4,15)16/h11,13H,5-10H2,1-4H3. The summed E-state index contributed by atoms with van der Waals surface area (Å²) < 4.78 is 24.9. The number of sulfonamides is 1. The normalized spacial score (nSPS) is 23.2. The van der Waals surface area contributed by atoms with Crippen molar-refractivity contribution in [3.8, 4) is 0 Å². The lowest BCUT2D eigenvalue weighted by Crippen LogP contribution is -2.43. The van der Waals surface area contributed by atoms with E-state index in [1.807, 2.05) is 11.8 Å². The smallest absolute Gasteiger partial charge is 0.211 e. The van der Waals surface area contributed by atoms with Crippen LogP contribution in [0.5, 0.6) is 0 Å². The molecule has 0 spiro atoms. The molecule has 108 valence electrons. The number of piperidine rings is 1. The van der Waals surface area contributed by atoms with Gasteiger partial charge in [-0.3, -0.25) is 0 Å². The topological polar surface area (TPSA) is 49.4 Å². The Morgan fingerprint density at radius 3 is 2.67 bits per heavy atom. The summed E-state index contributed by atoms with van der Waals surface area (Å²) in [7, 11) is -3.02. The Kier molecular flexibility index (Phi) is 5.96. The molecule has 0 saturated carbocycles. The van der Waals surface area contributed by atoms with Gasteiger partial charge in [0, 0.05) is 24.4 Å². The monoisotopic (exact) mass is 294 g/mol. The van der Waals surface area contributed by atoms with Gasteiger partial charge in [-0.15, -0.1) is 0 Å². The van der Waals surface area contributed by atoms with Gasteiger partial charge in [-0.2, -0.15) is 11.8 Å². The van der Waals surface area contributed by atoms with Gasteiger partial charge in [-0.25, -0.2) is 12.7 Å². The molecule has 1 unspecified atom stereocenters. The van der Waals surface area contributed by atoms with Crippen LogP contribution in [0.3, 0.4) is 0 Å². The molecule has 0 aromatic rings. The van der Waals surface area contributed by atoms with E-state index >= 15 is 0 Å². The van der Waals surface area contributed by atoms with Gasteiger partial charge in [-0.05, 0) is 45.4 Å². The third-order valence-corrected chi connectivity index (χ3v) is 6.01. The van der Waals surface area contributed by atoms with Crippen LogP contribution in [-0.2, 0) is 10.0 Å². The molecule has 1 N–H and O–H groups in total. The van der Waals surface area contributed by atoms with E-state index < -0.39 is 10.0 Å². The highest BCUT2D eigenvalue weighted by Crippen LogP contribution is 2.21. The van der Waals surface area contributed by atoms with E-state index in [0.717, 1.165) is 25.9 Å². The number of nitrogens with one attached hydrogen (secondary N) is 1. The van der Waals surface area contributed by atoms with Gasteiger partial charge in [0.15, 0.2) is 0 Å². The number of hydrogen-bond acceptors (Lipinski definition) is 4. The van der Waals surface area contributed by atoms with Crippen LogP contribution in [0.15, 0.2) is 0 Å². The molecule has 1 atom stereocenters. The van der Waals surface area contributed by atoms with Crippen molar-refractivity contribution >= 4 is 21.8 Å². The lowest BCUT2D eigenvalue weighted by Gasteiger charge is -2.32. The van der Waals surface area contributed by atoms with E-state index in [2.05, 4.69) is 25.4 Å². The Balaban J connectivity index is 2.35. The van der Waals surface area contributed by atoms with E-state index in [0.29, 0.717) is 19.0 Å². The fourth-order valence-corrected chi connectivity index (χ4v) is 3.33. The lowest BCUT2D eigenvalue weighted by molar-refractivity contribution is 0.260. The maximum Gasteiger partial charge on any atom is 0.211 e. The Morgan fingerprint density at radius 1 is 1.44 bits per heavy atom. The fraction of sp³-hybridized carbons (Fsp3) is 1.00. The fourth-order valence-electron chi connectivity index (χ4n) is 2.14. The molecule has 1 aliphatic heterocycles. The van der Waals surface area contributed by atoms with Gasteiger partial charge in [0.1, 0.15) is 0 Å². The van der Waals surface area contributed by atoms with Crippen LogP contribution in [0, 0.1) is 5.92 Å². The summed E-state index contributed by atoms with van der Waals surface area (Å²) in [5.74, 6) is 0.450. The molecule has 4 nitrogen and oxygen atoms in total. The summed E-state index contributed by atoms with van der Waals surface area (Å²) in [5, 5.41) is 3.48. The molecule has 0 aromatic carbocycles. The van der Waals surface area contributed by atoms with Gasteiger partial charge in [-0.1, -0.05) is 0 Å².